The number of methoxy groups -OCH3 is 1. The van der Waals surface area contributed by atoms with Crippen molar-refractivity contribution in [3.63, 3.8) is 0 Å². The van der Waals surface area contributed by atoms with Crippen LogP contribution in [0.3, 0.4) is 0 Å². The molecule has 15 heteroatoms. The number of carbonyl (C=O) groups is 1. The van der Waals surface area contributed by atoms with Crippen LogP contribution in [0.1, 0.15) is 0 Å². The Labute approximate surface area is 242 Å². The van der Waals surface area contributed by atoms with Crippen molar-refractivity contribution >= 4 is 34.5 Å². The zero-order valence-electron chi connectivity index (χ0n) is 22.7. The minimum atomic E-state index is -5.08. The smallest absolute Gasteiger partial charge is 0.481 e. The SMILES string of the molecule is COc1ccc(-c2ccc3cnc(Nc4ccc(-n5cnc(N6CCOCC6)n5)cc4)nc3c2)cn1.O=C(O)C(F)(F)F. The number of halogens is 3. The average molecular weight is 595 g/mol. The van der Waals surface area contributed by atoms with Gasteiger partial charge < -0.3 is 24.8 Å². The molecule has 0 amide bonds. The van der Waals surface area contributed by atoms with E-state index in [1.54, 1.807) is 24.3 Å². The van der Waals surface area contributed by atoms with Gasteiger partial charge in [0.2, 0.25) is 17.8 Å². The largest absolute Gasteiger partial charge is 0.490 e. The van der Waals surface area contributed by atoms with E-state index in [-0.39, 0.29) is 0 Å². The molecule has 0 atom stereocenters. The van der Waals surface area contributed by atoms with Crippen LogP contribution in [0.2, 0.25) is 0 Å². The van der Waals surface area contributed by atoms with Crippen molar-refractivity contribution in [3.8, 4) is 22.7 Å². The summed E-state index contributed by atoms with van der Waals surface area (Å²) in [4.78, 5) is 29.0. The Hall–Kier alpha value is -5.31. The quantitative estimate of drug-likeness (QED) is 0.287. The van der Waals surface area contributed by atoms with Gasteiger partial charge >= 0.3 is 12.1 Å². The molecule has 0 radical (unpaired) electrons. The molecule has 0 spiro atoms. The van der Waals surface area contributed by atoms with E-state index in [1.165, 1.54) is 0 Å². The Morgan fingerprint density at radius 1 is 0.977 bits per heavy atom. The summed E-state index contributed by atoms with van der Waals surface area (Å²) in [5.41, 5.74) is 4.66. The van der Waals surface area contributed by atoms with Crippen LogP contribution in [-0.2, 0) is 9.53 Å². The van der Waals surface area contributed by atoms with Gasteiger partial charge in [-0.15, -0.1) is 5.10 Å². The number of fused-ring (bicyclic) bond motifs is 1. The molecule has 0 saturated carbocycles. The van der Waals surface area contributed by atoms with Gasteiger partial charge in [-0.1, -0.05) is 12.1 Å². The normalized spacial score (nSPS) is 13.3. The Morgan fingerprint density at radius 3 is 2.35 bits per heavy atom. The highest BCUT2D eigenvalue weighted by atomic mass is 19.4. The van der Waals surface area contributed by atoms with Gasteiger partial charge in [-0.3, -0.25) is 0 Å². The molecule has 5 aromatic rings. The third-order valence-electron chi connectivity index (χ3n) is 6.27. The maximum atomic E-state index is 10.6. The summed E-state index contributed by atoms with van der Waals surface area (Å²) in [6.07, 6.45) is 0.258. The number of carboxylic acids is 1. The summed E-state index contributed by atoms with van der Waals surface area (Å²) in [5.74, 6) is -0.932. The van der Waals surface area contributed by atoms with Crippen LogP contribution in [0, 0.1) is 0 Å². The summed E-state index contributed by atoms with van der Waals surface area (Å²) >= 11 is 0. The van der Waals surface area contributed by atoms with E-state index in [9.17, 15) is 13.2 Å². The van der Waals surface area contributed by atoms with E-state index in [1.807, 2.05) is 60.8 Å². The summed E-state index contributed by atoms with van der Waals surface area (Å²) in [6, 6.07) is 17.8. The van der Waals surface area contributed by atoms with Gasteiger partial charge in [0.05, 0.1) is 31.5 Å². The van der Waals surface area contributed by atoms with Gasteiger partial charge in [0.25, 0.3) is 0 Å². The number of aromatic nitrogens is 6. The Bertz CT molecular complexity index is 1690. The molecule has 222 valence electrons. The van der Waals surface area contributed by atoms with E-state index in [4.69, 9.17) is 24.4 Å². The zero-order chi connectivity index (χ0) is 30.4. The summed E-state index contributed by atoms with van der Waals surface area (Å²) in [5, 5.41) is 16.0. The van der Waals surface area contributed by atoms with Gasteiger partial charge in [-0.25, -0.2) is 24.4 Å². The van der Waals surface area contributed by atoms with Crippen LogP contribution in [0.25, 0.3) is 27.7 Å². The van der Waals surface area contributed by atoms with Crippen LogP contribution in [0.5, 0.6) is 5.88 Å². The fraction of sp³-hybridized carbons (Fsp3) is 0.214. The third-order valence-corrected chi connectivity index (χ3v) is 6.27. The van der Waals surface area contributed by atoms with E-state index >= 15 is 0 Å². The third kappa shape index (κ3) is 7.32. The van der Waals surface area contributed by atoms with Crippen molar-refractivity contribution in [2.45, 2.75) is 6.18 Å². The number of anilines is 3. The molecule has 0 unspecified atom stereocenters. The molecule has 43 heavy (non-hydrogen) atoms. The molecular weight excluding hydrogens is 569 g/mol. The monoisotopic (exact) mass is 594 g/mol. The second-order valence-corrected chi connectivity index (χ2v) is 9.12. The zero-order valence-corrected chi connectivity index (χ0v) is 22.7. The molecule has 2 aromatic carbocycles. The molecular formula is C28H25F3N8O4. The Morgan fingerprint density at radius 2 is 1.70 bits per heavy atom. The lowest BCUT2D eigenvalue weighted by Crippen LogP contribution is -2.37. The molecule has 4 heterocycles. The minimum absolute atomic E-state index is 0.524. The first-order valence-electron chi connectivity index (χ1n) is 12.9. The van der Waals surface area contributed by atoms with Crippen LogP contribution in [0.15, 0.2) is 73.3 Å². The Balaban J connectivity index is 0.000000472. The molecule has 0 bridgehead atoms. The number of ether oxygens (including phenoxy) is 2. The highest BCUT2D eigenvalue weighted by molar-refractivity contribution is 5.84. The topological polar surface area (TPSA) is 140 Å². The van der Waals surface area contributed by atoms with E-state index < -0.39 is 12.1 Å². The average Bonchev–Trinajstić information content (AvgIpc) is 3.52. The fourth-order valence-electron chi connectivity index (χ4n) is 4.05. The molecule has 1 aliphatic rings. The van der Waals surface area contributed by atoms with Crippen molar-refractivity contribution in [3.05, 3.63) is 73.3 Å². The van der Waals surface area contributed by atoms with Crippen molar-refractivity contribution in [2.75, 3.05) is 43.6 Å². The lowest BCUT2D eigenvalue weighted by atomic mass is 10.1. The molecule has 12 nitrogen and oxygen atoms in total. The number of carboxylic acid groups (broad SMARTS) is 1. The molecule has 1 saturated heterocycles. The number of morpholine rings is 1. The molecule has 2 N–H and O–H groups in total. The van der Waals surface area contributed by atoms with Gasteiger partial charge in [-0.05, 0) is 42.0 Å². The van der Waals surface area contributed by atoms with Crippen molar-refractivity contribution < 1.29 is 32.5 Å². The predicted octanol–water partition coefficient (Wildman–Crippen LogP) is 4.49. The van der Waals surface area contributed by atoms with Crippen molar-refractivity contribution in [2.24, 2.45) is 0 Å². The number of benzene rings is 2. The fourth-order valence-corrected chi connectivity index (χ4v) is 4.05. The number of aliphatic carboxylic acids is 1. The van der Waals surface area contributed by atoms with Gasteiger partial charge in [0.1, 0.15) is 6.33 Å². The van der Waals surface area contributed by atoms with Crippen LogP contribution < -0.4 is 15.0 Å². The summed E-state index contributed by atoms with van der Waals surface area (Å²) < 4.78 is 44.1. The standard InChI is InChI=1S/C26H24N8O2.C2HF3O2/c1-35-24-9-4-19(15-27-24)18-2-3-20-16-28-25(31-23(20)14-18)30-21-5-7-22(8-6-21)34-17-29-26(32-34)33-10-12-36-13-11-33;3-2(4,5)1(6)7/h2-9,14-17H,10-13H2,1H3,(H,28,30,31);(H,6,7). The lowest BCUT2D eigenvalue weighted by molar-refractivity contribution is -0.192. The van der Waals surface area contributed by atoms with Gasteiger partial charge in [-0.2, -0.15) is 18.2 Å². The van der Waals surface area contributed by atoms with Gasteiger partial charge in [0.15, 0.2) is 0 Å². The van der Waals surface area contributed by atoms with Crippen LogP contribution in [0.4, 0.5) is 30.8 Å². The lowest BCUT2D eigenvalue weighted by Gasteiger charge is -2.25. The highest BCUT2D eigenvalue weighted by Gasteiger charge is 2.38. The highest BCUT2D eigenvalue weighted by Crippen LogP contribution is 2.25. The Kier molecular flexibility index (Phi) is 8.61. The number of nitrogens with one attached hydrogen (secondary N) is 1. The van der Waals surface area contributed by atoms with E-state index in [0.29, 0.717) is 25.0 Å². The minimum Gasteiger partial charge on any atom is -0.481 e. The van der Waals surface area contributed by atoms with Crippen LogP contribution in [-0.4, -0.2) is 80.4 Å². The molecule has 0 aliphatic carbocycles. The predicted molar refractivity (Wildman–Crippen MR) is 151 cm³/mol. The number of alkyl halides is 3. The number of hydrogen-bond donors (Lipinski definition) is 2. The second kappa shape index (κ2) is 12.7. The van der Waals surface area contributed by atoms with Crippen LogP contribution >= 0.6 is 0 Å². The molecule has 6 rings (SSSR count). The maximum absolute atomic E-state index is 10.6. The molecule has 1 fully saturated rings. The van der Waals surface area contributed by atoms with Gasteiger partial charge in [0, 0.05) is 48.2 Å². The first kappa shape index (κ1) is 29.2. The van der Waals surface area contributed by atoms with E-state index in [0.717, 1.165) is 52.4 Å². The van der Waals surface area contributed by atoms with Crippen molar-refractivity contribution in [1.82, 2.24) is 29.7 Å². The van der Waals surface area contributed by atoms with E-state index in [2.05, 4.69) is 30.3 Å². The number of nitrogens with zero attached hydrogens (tertiary/aromatic N) is 7. The first-order chi connectivity index (χ1) is 20.7. The number of pyridine rings is 1. The first-order valence-corrected chi connectivity index (χ1v) is 12.9. The maximum Gasteiger partial charge on any atom is 0.490 e. The molecule has 3 aromatic heterocycles. The number of rotatable bonds is 6. The summed E-state index contributed by atoms with van der Waals surface area (Å²) in [7, 11) is 1.61. The van der Waals surface area contributed by atoms with Crippen molar-refractivity contribution in [1.29, 1.82) is 0 Å². The summed E-state index contributed by atoms with van der Waals surface area (Å²) in [6.45, 7) is 3.01. The molecule has 1 aliphatic heterocycles. The second-order valence-electron chi connectivity index (χ2n) is 9.12. The number of hydrogen-bond acceptors (Lipinski definition) is 10.